The van der Waals surface area contributed by atoms with Crippen LogP contribution in [0.2, 0.25) is 0 Å². The molecule has 0 radical (unpaired) electrons. The molecule has 252 valence electrons. The number of ketones is 3. The summed E-state index contributed by atoms with van der Waals surface area (Å²) in [5.74, 6) is 2.61. The van der Waals surface area contributed by atoms with Gasteiger partial charge >= 0.3 is 0 Å². The van der Waals surface area contributed by atoms with Crippen molar-refractivity contribution in [1.29, 1.82) is 0 Å². The van der Waals surface area contributed by atoms with Crippen LogP contribution in [0.4, 0.5) is 0 Å². The van der Waals surface area contributed by atoms with E-state index in [1.165, 1.54) is 0 Å². The van der Waals surface area contributed by atoms with E-state index in [1.807, 2.05) is 62.4 Å². The molecule has 0 aliphatic carbocycles. The molecule has 0 saturated carbocycles. The van der Waals surface area contributed by atoms with Crippen LogP contribution in [-0.4, -0.2) is 31.6 Å². The average Bonchev–Trinajstić information content (AvgIpc) is 3.15. The number of methoxy groups -OCH3 is 2. The van der Waals surface area contributed by atoms with Crippen LogP contribution in [0.5, 0.6) is 23.0 Å². The molecule has 0 unspecified atom stereocenters. The van der Waals surface area contributed by atoms with E-state index >= 15 is 0 Å². The van der Waals surface area contributed by atoms with E-state index in [-0.39, 0.29) is 24.8 Å². The van der Waals surface area contributed by atoms with Crippen molar-refractivity contribution in [1.82, 2.24) is 0 Å². The van der Waals surface area contributed by atoms with Gasteiger partial charge in [-0.15, -0.1) is 0 Å². The number of hydrogen-bond acceptors (Lipinski definition) is 6. The largest absolute Gasteiger partial charge is 0.497 e. The van der Waals surface area contributed by atoms with Gasteiger partial charge in [-0.25, -0.2) is 0 Å². The first-order chi connectivity index (χ1) is 23.7. The van der Waals surface area contributed by atoms with Crippen LogP contribution in [0.1, 0.15) is 66.3 Å². The second-order valence-corrected chi connectivity index (χ2v) is 11.3. The van der Waals surface area contributed by atoms with E-state index in [4.69, 9.17) is 14.2 Å². The van der Waals surface area contributed by atoms with Crippen LogP contribution in [0.3, 0.4) is 0 Å². The molecule has 0 saturated heterocycles. The Balaban J connectivity index is 0.000000264. The Kier molecular flexibility index (Phi) is 12.6. The van der Waals surface area contributed by atoms with Crippen molar-refractivity contribution in [2.45, 2.75) is 21.3 Å². The lowest BCUT2D eigenvalue weighted by Crippen LogP contribution is -2.01. The molecule has 6 aromatic rings. The van der Waals surface area contributed by atoms with Gasteiger partial charge in [-0.3, -0.25) is 14.4 Å². The molecule has 0 fully saturated rings. The molecular weight excluding hydrogens is 624 g/mol. The van der Waals surface area contributed by atoms with Gasteiger partial charge in [-0.1, -0.05) is 67.1 Å². The third kappa shape index (κ3) is 9.42. The SMILES string of the molecule is C.COc1ccc(C(=O)c2ccc(C)cc2)cc1.COc1ccc(C(=O)c2ccc(Oc3ccc(C(=O)c4ccc(C)cc4)cc3)cc2)cc1. The number of aryl methyl sites for hydroxylation is 2. The maximum Gasteiger partial charge on any atom is 0.193 e. The highest BCUT2D eigenvalue weighted by molar-refractivity contribution is 6.10. The van der Waals surface area contributed by atoms with E-state index in [0.717, 1.165) is 16.9 Å². The molecule has 6 rings (SSSR count). The van der Waals surface area contributed by atoms with E-state index < -0.39 is 0 Å². The first-order valence-electron chi connectivity index (χ1n) is 15.7. The molecule has 0 spiro atoms. The smallest absolute Gasteiger partial charge is 0.193 e. The maximum absolute atomic E-state index is 12.6. The van der Waals surface area contributed by atoms with Crippen molar-refractivity contribution in [2.24, 2.45) is 0 Å². The van der Waals surface area contributed by atoms with Crippen LogP contribution in [0.15, 0.2) is 146 Å². The zero-order valence-electron chi connectivity index (χ0n) is 27.8. The van der Waals surface area contributed by atoms with Gasteiger partial charge in [-0.05, 0) is 111 Å². The van der Waals surface area contributed by atoms with E-state index in [1.54, 1.807) is 111 Å². The monoisotopic (exact) mass is 664 g/mol. The van der Waals surface area contributed by atoms with Gasteiger partial charge in [0.1, 0.15) is 23.0 Å². The van der Waals surface area contributed by atoms with E-state index in [0.29, 0.717) is 50.6 Å². The lowest BCUT2D eigenvalue weighted by molar-refractivity contribution is 0.103. The van der Waals surface area contributed by atoms with Crippen molar-refractivity contribution in [3.8, 4) is 23.0 Å². The summed E-state index contributed by atoms with van der Waals surface area (Å²) in [6.07, 6.45) is 0. The highest BCUT2D eigenvalue weighted by Gasteiger charge is 2.12. The van der Waals surface area contributed by atoms with Gasteiger partial charge in [0.25, 0.3) is 0 Å². The molecule has 6 heteroatoms. The van der Waals surface area contributed by atoms with Gasteiger partial charge in [0, 0.05) is 33.4 Å². The lowest BCUT2D eigenvalue weighted by Gasteiger charge is -2.08. The van der Waals surface area contributed by atoms with Crippen LogP contribution in [0.25, 0.3) is 0 Å². The Morgan fingerprint density at radius 3 is 0.760 bits per heavy atom. The van der Waals surface area contributed by atoms with Gasteiger partial charge in [0.15, 0.2) is 17.3 Å². The molecule has 6 aromatic carbocycles. The van der Waals surface area contributed by atoms with Gasteiger partial charge in [0.05, 0.1) is 14.2 Å². The third-order valence-corrected chi connectivity index (χ3v) is 7.80. The first kappa shape index (κ1) is 36.6. The van der Waals surface area contributed by atoms with Crippen LogP contribution in [-0.2, 0) is 0 Å². The molecule has 0 bridgehead atoms. The first-order valence-corrected chi connectivity index (χ1v) is 15.7. The van der Waals surface area contributed by atoms with Crippen LogP contribution >= 0.6 is 0 Å². The molecule has 0 amide bonds. The minimum atomic E-state index is -0.0711. The summed E-state index contributed by atoms with van der Waals surface area (Å²) in [5, 5.41) is 0. The number of rotatable bonds is 10. The molecule has 0 aliphatic rings. The molecule has 0 atom stereocenters. The van der Waals surface area contributed by atoms with E-state index in [2.05, 4.69) is 0 Å². The molecular formula is C44H40O6. The third-order valence-electron chi connectivity index (χ3n) is 7.80. The van der Waals surface area contributed by atoms with E-state index in [9.17, 15) is 14.4 Å². The Morgan fingerprint density at radius 1 is 0.340 bits per heavy atom. The molecule has 0 aromatic heterocycles. The lowest BCUT2D eigenvalue weighted by atomic mass is 10.0. The second kappa shape index (κ2) is 17.2. The molecule has 6 nitrogen and oxygen atoms in total. The highest BCUT2D eigenvalue weighted by atomic mass is 16.5. The zero-order chi connectivity index (χ0) is 34.8. The minimum absolute atomic E-state index is 0. The van der Waals surface area contributed by atoms with Gasteiger partial charge in [0.2, 0.25) is 0 Å². The summed E-state index contributed by atoms with van der Waals surface area (Å²) in [4.78, 5) is 37.4. The standard InChI is InChI=1S/C28H22O4.C15H14O2.CH4/c1-19-3-5-20(6-4-19)27(29)22-9-15-25(16-10-22)32-26-17-11-23(12-18-26)28(30)21-7-13-24(31-2)14-8-21;1-11-3-5-12(6-4-11)15(16)13-7-9-14(17-2)10-8-13;/h3-18H,1-2H3;3-10H,1-2H3;1H4. The summed E-state index contributed by atoms with van der Waals surface area (Å²) in [6.45, 7) is 3.99. The molecule has 50 heavy (non-hydrogen) atoms. The number of ether oxygens (including phenoxy) is 3. The fourth-order valence-electron chi connectivity index (χ4n) is 4.88. The summed E-state index contributed by atoms with van der Waals surface area (Å²) in [6, 6.07) is 43.2. The zero-order valence-corrected chi connectivity index (χ0v) is 27.8. The highest BCUT2D eigenvalue weighted by Crippen LogP contribution is 2.24. The van der Waals surface area contributed by atoms with Crippen molar-refractivity contribution in [2.75, 3.05) is 14.2 Å². The Hall–Kier alpha value is -6.27. The Morgan fingerprint density at radius 2 is 0.540 bits per heavy atom. The second-order valence-electron chi connectivity index (χ2n) is 11.3. The normalized spacial score (nSPS) is 10.1. The topological polar surface area (TPSA) is 78.9 Å². The van der Waals surface area contributed by atoms with Crippen LogP contribution in [0, 0.1) is 13.8 Å². The molecule has 0 N–H and O–H groups in total. The van der Waals surface area contributed by atoms with Gasteiger partial charge < -0.3 is 14.2 Å². The predicted octanol–water partition coefficient (Wildman–Crippen LogP) is 10.1. The average molecular weight is 665 g/mol. The van der Waals surface area contributed by atoms with Gasteiger partial charge in [-0.2, -0.15) is 0 Å². The molecule has 0 aliphatic heterocycles. The van der Waals surface area contributed by atoms with Crippen molar-refractivity contribution < 1.29 is 28.6 Å². The van der Waals surface area contributed by atoms with Crippen LogP contribution < -0.4 is 14.2 Å². The predicted molar refractivity (Wildman–Crippen MR) is 198 cm³/mol. The maximum atomic E-state index is 12.6. The van der Waals surface area contributed by atoms with Crippen molar-refractivity contribution in [3.63, 3.8) is 0 Å². The minimum Gasteiger partial charge on any atom is -0.497 e. The fourth-order valence-corrected chi connectivity index (χ4v) is 4.88. The Bertz CT molecular complexity index is 2010. The number of hydrogen-bond donors (Lipinski definition) is 0. The number of carbonyl (C=O) groups is 3. The quantitative estimate of drug-likeness (QED) is 0.136. The molecule has 0 heterocycles. The number of benzene rings is 6. The fraction of sp³-hybridized carbons (Fsp3) is 0.114. The summed E-state index contributed by atoms with van der Waals surface area (Å²) < 4.78 is 16.1. The summed E-state index contributed by atoms with van der Waals surface area (Å²) in [5.41, 5.74) is 6.06. The van der Waals surface area contributed by atoms with Crippen molar-refractivity contribution >= 4 is 17.3 Å². The summed E-state index contributed by atoms with van der Waals surface area (Å²) in [7, 11) is 3.20. The summed E-state index contributed by atoms with van der Waals surface area (Å²) >= 11 is 0. The van der Waals surface area contributed by atoms with Crippen molar-refractivity contribution in [3.05, 3.63) is 190 Å². The number of carbonyl (C=O) groups excluding carboxylic acids is 3. The Labute approximate surface area is 293 Å².